The van der Waals surface area contributed by atoms with E-state index in [1.807, 2.05) is 0 Å². The standard InChI is InChI=1S/C40H57NO6/c1-24-14-19-40(35(44)47-23-33(43)41-26-10-12-28(45-8)29(22-26)46-9)21-20-38(6)27(34(40)25(24)2)11-13-31-37(5)17-16-32(42)36(3,4)30(37)15-18-39(31,38)7/h10-12,22,24-25,30-31,34H,13-21,23H2,1-9H3,(H,41,43)/t24-,25+,30+,31-,34+,37+,38-,39-,40+/m1/s1. The second-order valence-corrected chi connectivity index (χ2v) is 17.1. The summed E-state index contributed by atoms with van der Waals surface area (Å²) < 4.78 is 16.6. The maximum atomic E-state index is 14.3. The zero-order valence-corrected chi connectivity index (χ0v) is 30.2. The molecule has 0 aromatic heterocycles. The van der Waals surface area contributed by atoms with Crippen LogP contribution in [0.4, 0.5) is 5.69 Å². The highest BCUT2D eigenvalue weighted by molar-refractivity contribution is 5.93. The first-order valence-electron chi connectivity index (χ1n) is 18.0. The SMILES string of the molecule is COc1ccc(NC(=O)COC(=O)[C@]23CC[C@@H](C)[C@H](C)[C@H]2C2=CC[C@@H]4[C@@]5(C)CCC(=O)C(C)(C)[C@@H]5CC[C@@]4(C)[C@]2(C)CC3)cc1OC. The van der Waals surface area contributed by atoms with E-state index in [1.54, 1.807) is 32.4 Å². The van der Waals surface area contributed by atoms with E-state index < -0.39 is 5.41 Å². The number of carbonyl (C=O) groups excluding carboxylic acids is 3. The highest BCUT2D eigenvalue weighted by atomic mass is 16.5. The Labute approximate surface area is 281 Å². The minimum Gasteiger partial charge on any atom is -0.493 e. The van der Waals surface area contributed by atoms with Crippen LogP contribution in [0.1, 0.15) is 106 Å². The minimum atomic E-state index is -0.621. The van der Waals surface area contributed by atoms with Gasteiger partial charge in [0.2, 0.25) is 0 Å². The maximum absolute atomic E-state index is 14.3. The van der Waals surface area contributed by atoms with Crippen LogP contribution in [-0.4, -0.2) is 38.5 Å². The summed E-state index contributed by atoms with van der Waals surface area (Å²) >= 11 is 0. The molecule has 9 atom stereocenters. The van der Waals surface area contributed by atoms with E-state index in [1.165, 1.54) is 5.57 Å². The van der Waals surface area contributed by atoms with Crippen molar-refractivity contribution in [2.45, 2.75) is 106 Å². The molecule has 1 aromatic rings. The molecule has 47 heavy (non-hydrogen) atoms. The predicted molar refractivity (Wildman–Crippen MR) is 183 cm³/mol. The summed E-state index contributed by atoms with van der Waals surface area (Å²) in [6.45, 7) is 16.3. The number of benzene rings is 1. The first kappa shape index (κ1) is 34.0. The van der Waals surface area contributed by atoms with Crippen molar-refractivity contribution in [1.82, 2.24) is 0 Å². The molecule has 0 spiro atoms. The van der Waals surface area contributed by atoms with Gasteiger partial charge in [-0.05, 0) is 109 Å². The highest BCUT2D eigenvalue weighted by Crippen LogP contribution is 2.75. The lowest BCUT2D eigenvalue weighted by atomic mass is 9.33. The molecule has 0 heterocycles. The molecule has 1 amide bonds. The summed E-state index contributed by atoms with van der Waals surface area (Å²) in [4.78, 5) is 40.5. The molecule has 5 aliphatic rings. The van der Waals surface area contributed by atoms with Gasteiger partial charge < -0.3 is 19.5 Å². The van der Waals surface area contributed by atoms with E-state index in [4.69, 9.17) is 14.2 Å². The third-order valence-corrected chi connectivity index (χ3v) is 15.1. The second-order valence-electron chi connectivity index (χ2n) is 17.1. The molecule has 1 aromatic carbocycles. The molecule has 0 saturated heterocycles. The van der Waals surface area contributed by atoms with Gasteiger partial charge in [-0.3, -0.25) is 14.4 Å². The lowest BCUT2D eigenvalue weighted by molar-refractivity contribution is -0.192. The topological polar surface area (TPSA) is 90.9 Å². The summed E-state index contributed by atoms with van der Waals surface area (Å²) in [5, 5.41) is 2.85. The summed E-state index contributed by atoms with van der Waals surface area (Å²) in [6, 6.07) is 5.17. The van der Waals surface area contributed by atoms with Gasteiger partial charge in [0.05, 0.1) is 19.6 Å². The Morgan fingerprint density at radius 3 is 2.32 bits per heavy atom. The number of allylic oxidation sites excluding steroid dienone is 2. The fourth-order valence-electron chi connectivity index (χ4n) is 12.0. The number of fused-ring (bicyclic) bond motifs is 7. The Hall–Kier alpha value is -2.83. The molecule has 0 aliphatic heterocycles. The fraction of sp³-hybridized carbons (Fsp3) is 0.725. The summed E-state index contributed by atoms with van der Waals surface area (Å²) in [7, 11) is 3.12. The lowest BCUT2D eigenvalue weighted by Crippen LogP contribution is -2.65. The Morgan fingerprint density at radius 1 is 0.894 bits per heavy atom. The predicted octanol–water partition coefficient (Wildman–Crippen LogP) is 8.41. The largest absolute Gasteiger partial charge is 0.493 e. The molecule has 4 saturated carbocycles. The van der Waals surface area contributed by atoms with E-state index in [9.17, 15) is 14.4 Å². The van der Waals surface area contributed by atoms with Gasteiger partial charge in [-0.15, -0.1) is 0 Å². The monoisotopic (exact) mass is 647 g/mol. The first-order valence-corrected chi connectivity index (χ1v) is 18.0. The zero-order chi connectivity index (χ0) is 34.2. The lowest BCUT2D eigenvalue weighted by Gasteiger charge is -2.70. The van der Waals surface area contributed by atoms with Crippen LogP contribution in [0.5, 0.6) is 11.5 Å². The third-order valence-electron chi connectivity index (χ3n) is 15.1. The van der Waals surface area contributed by atoms with Crippen LogP contribution in [-0.2, 0) is 19.1 Å². The number of hydrogen-bond acceptors (Lipinski definition) is 6. The maximum Gasteiger partial charge on any atom is 0.313 e. The quantitative estimate of drug-likeness (QED) is 0.246. The Balaban J connectivity index is 1.27. The van der Waals surface area contributed by atoms with Gasteiger partial charge in [-0.2, -0.15) is 0 Å². The Kier molecular flexibility index (Phi) is 8.44. The fourth-order valence-corrected chi connectivity index (χ4v) is 12.0. The van der Waals surface area contributed by atoms with Crippen molar-refractivity contribution < 1.29 is 28.6 Å². The van der Waals surface area contributed by atoms with E-state index >= 15 is 0 Å². The number of nitrogens with one attached hydrogen (secondary N) is 1. The molecule has 7 heteroatoms. The molecule has 0 radical (unpaired) electrons. The van der Waals surface area contributed by atoms with Gasteiger partial charge >= 0.3 is 5.97 Å². The van der Waals surface area contributed by atoms with Crippen molar-refractivity contribution in [2.75, 3.05) is 26.1 Å². The van der Waals surface area contributed by atoms with Crippen molar-refractivity contribution in [1.29, 1.82) is 0 Å². The molecule has 1 N–H and O–H groups in total. The van der Waals surface area contributed by atoms with Gasteiger partial charge in [0.1, 0.15) is 5.78 Å². The molecular weight excluding hydrogens is 590 g/mol. The van der Waals surface area contributed by atoms with Gasteiger partial charge in [-0.1, -0.05) is 60.1 Å². The molecule has 7 nitrogen and oxygen atoms in total. The average Bonchev–Trinajstić information content (AvgIpc) is 3.03. The molecule has 5 aliphatic carbocycles. The van der Waals surface area contributed by atoms with Gasteiger partial charge in [0.15, 0.2) is 18.1 Å². The molecule has 258 valence electrons. The number of anilines is 1. The van der Waals surface area contributed by atoms with Crippen molar-refractivity contribution in [3.05, 3.63) is 29.8 Å². The van der Waals surface area contributed by atoms with Crippen molar-refractivity contribution in [2.24, 2.45) is 56.7 Å². The number of rotatable bonds is 6. The number of ketones is 1. The number of hydrogen-bond donors (Lipinski definition) is 1. The van der Waals surface area contributed by atoms with Gasteiger partial charge in [0.25, 0.3) is 5.91 Å². The number of Topliss-reactive ketones (excluding diaryl/α,β-unsaturated/α-hetero) is 1. The van der Waals surface area contributed by atoms with Crippen LogP contribution in [0.25, 0.3) is 0 Å². The summed E-state index contributed by atoms with van der Waals surface area (Å²) in [5.41, 5.74) is 1.32. The zero-order valence-electron chi connectivity index (χ0n) is 30.2. The van der Waals surface area contributed by atoms with E-state index in [0.717, 1.165) is 51.4 Å². The van der Waals surface area contributed by atoms with Crippen molar-refractivity contribution >= 4 is 23.3 Å². The minimum absolute atomic E-state index is 0.0277. The highest BCUT2D eigenvalue weighted by Gasteiger charge is 2.69. The molecule has 4 fully saturated rings. The average molecular weight is 648 g/mol. The van der Waals surface area contributed by atoms with Gasteiger partial charge in [0, 0.05) is 23.6 Å². The normalized spacial score (nSPS) is 40.4. The molecular formula is C40H57NO6. The molecule has 6 rings (SSSR count). The van der Waals surface area contributed by atoms with Crippen molar-refractivity contribution in [3.8, 4) is 11.5 Å². The summed E-state index contributed by atoms with van der Waals surface area (Å²) in [5.74, 6) is 2.77. The number of amides is 1. The Bertz CT molecular complexity index is 1480. The molecule has 0 bridgehead atoms. The Morgan fingerprint density at radius 2 is 1.62 bits per heavy atom. The van der Waals surface area contributed by atoms with Crippen LogP contribution in [0.15, 0.2) is 29.8 Å². The van der Waals surface area contributed by atoms with Crippen LogP contribution in [0, 0.1) is 56.7 Å². The number of ether oxygens (including phenoxy) is 3. The molecule has 0 unspecified atom stereocenters. The van der Waals surface area contributed by atoms with Crippen LogP contribution < -0.4 is 14.8 Å². The van der Waals surface area contributed by atoms with Crippen molar-refractivity contribution in [3.63, 3.8) is 0 Å². The number of methoxy groups -OCH3 is 2. The van der Waals surface area contributed by atoms with E-state index in [0.29, 0.717) is 53.1 Å². The second kappa shape index (κ2) is 11.7. The van der Waals surface area contributed by atoms with E-state index in [-0.39, 0.29) is 46.1 Å². The number of esters is 1. The van der Waals surface area contributed by atoms with Crippen LogP contribution in [0.3, 0.4) is 0 Å². The summed E-state index contributed by atoms with van der Waals surface area (Å²) in [6.07, 6.45) is 10.9. The smallest absolute Gasteiger partial charge is 0.313 e. The van der Waals surface area contributed by atoms with Crippen LogP contribution >= 0.6 is 0 Å². The van der Waals surface area contributed by atoms with E-state index in [2.05, 4.69) is 59.9 Å². The first-order chi connectivity index (χ1) is 22.1. The van der Waals surface area contributed by atoms with Crippen LogP contribution in [0.2, 0.25) is 0 Å². The van der Waals surface area contributed by atoms with Gasteiger partial charge in [-0.25, -0.2) is 0 Å². The third kappa shape index (κ3) is 4.90. The number of carbonyl (C=O) groups is 3.